The Morgan fingerprint density at radius 3 is 2.83 bits per heavy atom. The highest BCUT2D eigenvalue weighted by atomic mass is 32.1. The lowest BCUT2D eigenvalue weighted by atomic mass is 9.98. The molecule has 0 saturated carbocycles. The van der Waals surface area contributed by atoms with Crippen molar-refractivity contribution in [1.82, 2.24) is 25.0 Å². The summed E-state index contributed by atoms with van der Waals surface area (Å²) in [6, 6.07) is 11.8. The zero-order valence-electron chi connectivity index (χ0n) is 13.2. The number of fused-ring (bicyclic) bond motifs is 1. The lowest BCUT2D eigenvalue weighted by Gasteiger charge is -2.09. The van der Waals surface area contributed by atoms with Crippen molar-refractivity contribution < 1.29 is 0 Å². The molecule has 4 aromatic rings. The van der Waals surface area contributed by atoms with Gasteiger partial charge >= 0.3 is 4.87 Å². The number of aryl methyl sites for hydroxylation is 1. The van der Waals surface area contributed by atoms with E-state index in [2.05, 4.69) is 27.2 Å². The molecule has 7 heteroatoms. The van der Waals surface area contributed by atoms with Gasteiger partial charge in [0.15, 0.2) is 5.82 Å². The molecule has 1 aromatic carbocycles. The van der Waals surface area contributed by atoms with Crippen LogP contribution < -0.4 is 4.87 Å². The maximum Gasteiger partial charge on any atom is 0.305 e. The highest BCUT2D eigenvalue weighted by Crippen LogP contribution is 2.26. The number of aromatic amines is 1. The summed E-state index contributed by atoms with van der Waals surface area (Å²) in [5.74, 6) is 0.810. The normalized spacial score (nSPS) is 12.6. The Bertz CT molecular complexity index is 1060. The third kappa shape index (κ3) is 2.63. The summed E-state index contributed by atoms with van der Waals surface area (Å²) in [4.78, 5) is 14.3. The predicted octanol–water partition coefficient (Wildman–Crippen LogP) is 3.03. The number of thiazole rings is 1. The van der Waals surface area contributed by atoms with Gasteiger partial charge in [0.2, 0.25) is 0 Å². The zero-order valence-corrected chi connectivity index (χ0v) is 14.0. The third-order valence-electron chi connectivity index (χ3n) is 4.02. The summed E-state index contributed by atoms with van der Waals surface area (Å²) in [5, 5.41) is 12.8. The van der Waals surface area contributed by atoms with Gasteiger partial charge in [-0.2, -0.15) is 10.2 Å². The molecule has 0 spiro atoms. The zero-order chi connectivity index (χ0) is 16.7. The Morgan fingerprint density at radius 1 is 1.17 bits per heavy atom. The van der Waals surface area contributed by atoms with Crippen molar-refractivity contribution in [1.29, 1.82) is 0 Å². The first-order valence-electron chi connectivity index (χ1n) is 7.59. The van der Waals surface area contributed by atoms with Gasteiger partial charge in [0.05, 0.1) is 21.6 Å². The number of aromatic nitrogens is 5. The monoisotopic (exact) mass is 337 g/mol. The number of benzene rings is 1. The molecule has 0 bridgehead atoms. The van der Waals surface area contributed by atoms with Crippen molar-refractivity contribution in [3.05, 3.63) is 69.2 Å². The fraction of sp³-hybridized carbons (Fsp3) is 0.176. The van der Waals surface area contributed by atoms with E-state index in [4.69, 9.17) is 0 Å². The lowest BCUT2D eigenvalue weighted by molar-refractivity contribution is 0.762. The van der Waals surface area contributed by atoms with E-state index in [0.29, 0.717) is 5.82 Å². The summed E-state index contributed by atoms with van der Waals surface area (Å²) in [7, 11) is 0. The Labute approximate surface area is 141 Å². The van der Waals surface area contributed by atoms with E-state index in [1.807, 2.05) is 49.5 Å². The Balaban J connectivity index is 1.67. The van der Waals surface area contributed by atoms with Gasteiger partial charge in [0.25, 0.3) is 0 Å². The molecule has 4 rings (SSSR count). The molecule has 3 heterocycles. The highest BCUT2D eigenvalue weighted by molar-refractivity contribution is 7.16. The highest BCUT2D eigenvalue weighted by Gasteiger charge is 2.14. The first-order chi connectivity index (χ1) is 11.6. The summed E-state index contributed by atoms with van der Waals surface area (Å²) in [5.41, 5.74) is 3.82. The van der Waals surface area contributed by atoms with E-state index in [9.17, 15) is 4.79 Å². The number of nitrogens with one attached hydrogen (secondary N) is 1. The Morgan fingerprint density at radius 2 is 2.04 bits per heavy atom. The minimum Gasteiger partial charge on any atom is -0.312 e. The number of nitrogens with zero attached hydrogens (tertiary/aromatic N) is 4. The van der Waals surface area contributed by atoms with Crippen LogP contribution in [0.4, 0.5) is 0 Å². The SMILES string of the molecule is Cc1ccc(-n2ccc(C(C)c3ccc4[nH]c(=O)sc4c3)n2)nn1. The van der Waals surface area contributed by atoms with Crippen LogP contribution in [0.5, 0.6) is 0 Å². The quantitative estimate of drug-likeness (QED) is 0.623. The second-order valence-electron chi connectivity index (χ2n) is 5.71. The molecule has 0 aliphatic rings. The summed E-state index contributed by atoms with van der Waals surface area (Å²) >= 11 is 1.23. The van der Waals surface area contributed by atoms with Crippen LogP contribution in [-0.4, -0.2) is 25.0 Å². The van der Waals surface area contributed by atoms with Crippen LogP contribution in [0, 0.1) is 6.92 Å². The molecule has 24 heavy (non-hydrogen) atoms. The first-order valence-corrected chi connectivity index (χ1v) is 8.41. The van der Waals surface area contributed by atoms with E-state index >= 15 is 0 Å². The molecule has 1 unspecified atom stereocenters. The molecule has 1 atom stereocenters. The fourth-order valence-corrected chi connectivity index (χ4v) is 3.40. The molecule has 120 valence electrons. The Hall–Kier alpha value is -2.80. The van der Waals surface area contributed by atoms with E-state index < -0.39 is 0 Å². The molecule has 0 radical (unpaired) electrons. The average Bonchev–Trinajstić information content (AvgIpc) is 3.20. The summed E-state index contributed by atoms with van der Waals surface area (Å²) in [6.45, 7) is 4.00. The van der Waals surface area contributed by atoms with Crippen molar-refractivity contribution >= 4 is 21.6 Å². The number of rotatable bonds is 3. The lowest BCUT2D eigenvalue weighted by Crippen LogP contribution is -2.03. The third-order valence-corrected chi connectivity index (χ3v) is 4.86. The van der Waals surface area contributed by atoms with Crippen molar-refractivity contribution in [2.24, 2.45) is 0 Å². The molecule has 0 fully saturated rings. The van der Waals surface area contributed by atoms with E-state index in [1.54, 1.807) is 4.68 Å². The second-order valence-corrected chi connectivity index (χ2v) is 6.72. The average molecular weight is 337 g/mol. The molecular weight excluding hydrogens is 322 g/mol. The second kappa shape index (κ2) is 5.68. The van der Waals surface area contributed by atoms with E-state index in [-0.39, 0.29) is 10.8 Å². The first kappa shape index (κ1) is 14.8. The molecule has 0 aliphatic carbocycles. The van der Waals surface area contributed by atoms with Crippen molar-refractivity contribution in [3.8, 4) is 5.82 Å². The summed E-state index contributed by atoms with van der Waals surface area (Å²) in [6.07, 6.45) is 1.89. The smallest absolute Gasteiger partial charge is 0.305 e. The molecule has 3 aromatic heterocycles. The van der Waals surface area contributed by atoms with Gasteiger partial charge < -0.3 is 4.98 Å². The van der Waals surface area contributed by atoms with Crippen molar-refractivity contribution in [2.75, 3.05) is 0 Å². The van der Waals surface area contributed by atoms with Gasteiger partial charge in [-0.3, -0.25) is 4.79 Å². The maximum atomic E-state index is 11.5. The number of H-pyrrole nitrogens is 1. The molecule has 1 N–H and O–H groups in total. The predicted molar refractivity (Wildman–Crippen MR) is 93.9 cm³/mol. The van der Waals surface area contributed by atoms with Crippen LogP contribution in [0.25, 0.3) is 16.0 Å². The van der Waals surface area contributed by atoms with Crippen LogP contribution in [-0.2, 0) is 0 Å². The van der Waals surface area contributed by atoms with Gasteiger partial charge in [-0.15, -0.1) is 5.10 Å². The Kier molecular flexibility index (Phi) is 3.50. The van der Waals surface area contributed by atoms with Crippen molar-refractivity contribution in [2.45, 2.75) is 19.8 Å². The van der Waals surface area contributed by atoms with Crippen LogP contribution in [0.2, 0.25) is 0 Å². The van der Waals surface area contributed by atoms with E-state index in [0.717, 1.165) is 27.2 Å². The molecule has 0 amide bonds. The largest absolute Gasteiger partial charge is 0.312 e. The van der Waals surface area contributed by atoms with Crippen LogP contribution in [0.15, 0.2) is 47.4 Å². The number of hydrogen-bond donors (Lipinski definition) is 1. The molecule has 0 saturated heterocycles. The molecule has 6 nitrogen and oxygen atoms in total. The number of hydrogen-bond acceptors (Lipinski definition) is 5. The van der Waals surface area contributed by atoms with Gasteiger partial charge in [0.1, 0.15) is 0 Å². The topological polar surface area (TPSA) is 76.5 Å². The minimum atomic E-state index is -0.0305. The van der Waals surface area contributed by atoms with Crippen LogP contribution >= 0.6 is 11.3 Å². The standard InChI is InChI=1S/C17H15N5OS/c1-10-3-6-16(20-19-10)22-8-7-13(21-22)11(2)12-4-5-14-15(9-12)24-17(23)18-14/h3-9,11H,1-2H3,(H,18,23). The van der Waals surface area contributed by atoms with Gasteiger partial charge in [-0.05, 0) is 42.8 Å². The van der Waals surface area contributed by atoms with Gasteiger partial charge in [0, 0.05) is 12.1 Å². The van der Waals surface area contributed by atoms with Gasteiger partial charge in [-0.25, -0.2) is 4.68 Å². The fourth-order valence-electron chi connectivity index (χ4n) is 2.61. The van der Waals surface area contributed by atoms with E-state index in [1.165, 1.54) is 11.3 Å². The molecular formula is C17H15N5OS. The minimum absolute atomic E-state index is 0.0305. The maximum absolute atomic E-state index is 11.5. The molecule has 0 aliphatic heterocycles. The van der Waals surface area contributed by atoms with Crippen LogP contribution in [0.1, 0.15) is 29.8 Å². The summed E-state index contributed by atoms with van der Waals surface area (Å²) < 4.78 is 2.69. The van der Waals surface area contributed by atoms with Gasteiger partial charge in [-0.1, -0.05) is 24.3 Å². The van der Waals surface area contributed by atoms with Crippen LogP contribution in [0.3, 0.4) is 0 Å². The van der Waals surface area contributed by atoms with Crippen molar-refractivity contribution in [3.63, 3.8) is 0 Å².